The normalized spacial score (nSPS) is 27.9. The molecular weight excluding hydrogens is 482 g/mol. The predicted molar refractivity (Wildman–Crippen MR) is 85.1 cm³/mol. The first-order valence-electron chi connectivity index (χ1n) is 4.41. The molecule has 106 valence electrons. The van der Waals surface area contributed by atoms with Gasteiger partial charge >= 0.3 is 62.1 Å². The van der Waals surface area contributed by atoms with E-state index in [0.29, 0.717) is 6.04 Å². The number of hydrogen-bond donors (Lipinski definition) is 0. The fourth-order valence-corrected chi connectivity index (χ4v) is 1.85. The van der Waals surface area contributed by atoms with Gasteiger partial charge < -0.3 is 0 Å². The average Bonchev–Trinajstić information content (AvgIpc) is 2.53. The summed E-state index contributed by atoms with van der Waals surface area (Å²) in [7, 11) is 33.1. The molecule has 1 saturated carbocycles. The molecule has 1 aliphatic rings. The van der Waals surface area contributed by atoms with Gasteiger partial charge in [-0.1, -0.05) is 0 Å². The van der Waals surface area contributed by atoms with Crippen LogP contribution in [0.5, 0.6) is 0 Å². The van der Waals surface area contributed by atoms with E-state index in [9.17, 15) is 0 Å². The van der Waals surface area contributed by atoms with E-state index >= 15 is 0 Å². The third-order valence-electron chi connectivity index (χ3n) is 1.83. The zero-order chi connectivity index (χ0) is 14.3. The van der Waals surface area contributed by atoms with Crippen LogP contribution in [-0.4, -0.2) is 63.9 Å². The van der Waals surface area contributed by atoms with Crippen molar-refractivity contribution in [3.05, 3.63) is 0 Å². The zero-order valence-corrected chi connectivity index (χ0v) is 17.5. The Morgan fingerprint density at radius 2 is 1.29 bits per heavy atom. The van der Waals surface area contributed by atoms with E-state index in [0.717, 1.165) is 0 Å². The van der Waals surface area contributed by atoms with E-state index < -0.39 is 9.14 Å². The monoisotopic (exact) mass is 492 g/mol. The fourth-order valence-electron chi connectivity index (χ4n) is 1.24. The Bertz CT molecular complexity index is 315. The molecule has 0 spiro atoms. The molecule has 10 heteroatoms. The van der Waals surface area contributed by atoms with Crippen molar-refractivity contribution in [2.45, 2.75) is 11.4 Å². The van der Waals surface area contributed by atoms with Gasteiger partial charge in [0.15, 0.2) is 5.71 Å². The second-order valence-corrected chi connectivity index (χ2v) is 61.5. The molecular formula is C7H14Cl7N2Sb. The molecule has 0 amide bonds. The van der Waals surface area contributed by atoms with Gasteiger partial charge in [0.1, 0.15) is 25.5 Å². The molecule has 2 atom stereocenters. The van der Waals surface area contributed by atoms with Crippen LogP contribution in [-0.2, 0) is 0 Å². The summed E-state index contributed by atoms with van der Waals surface area (Å²) in [6.07, 6.45) is 0. The predicted octanol–water partition coefficient (Wildman–Crippen LogP) is 4.01. The van der Waals surface area contributed by atoms with Crippen molar-refractivity contribution in [3.8, 4) is 0 Å². The summed E-state index contributed by atoms with van der Waals surface area (Å²) in [6, 6.07) is 0.469. The van der Waals surface area contributed by atoms with Crippen LogP contribution in [0.1, 0.15) is 0 Å². The van der Waals surface area contributed by atoms with Gasteiger partial charge in [-0.05, 0) is 14.1 Å². The second kappa shape index (κ2) is 5.35. The van der Waals surface area contributed by atoms with Gasteiger partial charge in [-0.3, -0.25) is 4.90 Å². The Morgan fingerprint density at radius 1 is 1.00 bits per heavy atom. The van der Waals surface area contributed by atoms with Gasteiger partial charge in [-0.15, -0.1) is 11.6 Å². The van der Waals surface area contributed by atoms with Crippen LogP contribution in [0.3, 0.4) is 0 Å². The molecule has 0 heterocycles. The van der Waals surface area contributed by atoms with Gasteiger partial charge in [-0.2, -0.15) is 0 Å². The van der Waals surface area contributed by atoms with Crippen LogP contribution < -0.4 is 0 Å². The Kier molecular flexibility index (Phi) is 6.13. The van der Waals surface area contributed by atoms with Crippen LogP contribution >= 0.6 is 64.6 Å². The summed E-state index contributed by atoms with van der Waals surface area (Å²) >= 11 is 5.99. The molecule has 0 aliphatic heterocycles. The number of alkyl halides is 1. The molecule has 2 unspecified atom stereocenters. The Morgan fingerprint density at radius 3 is 1.35 bits per heavy atom. The standard InChI is InChI=1S/C7H14ClN2.6ClH.Sb/c1-9(2)6-5(8)7(6)10(3)4;;;;;;;/h5-6H,1-4H3;6*1H;/q+1;;;;;;;+5/p-6. The molecule has 1 fully saturated rings. The SMILES string of the molecule is CN(C)C1C(=[N+](C)C)C1Cl.[Cl][Sb-]([Cl])([Cl])([Cl])([Cl])[Cl]. The van der Waals surface area contributed by atoms with Crippen molar-refractivity contribution in [2.75, 3.05) is 28.2 Å². The van der Waals surface area contributed by atoms with Crippen LogP contribution in [0, 0.1) is 0 Å². The van der Waals surface area contributed by atoms with Crippen LogP contribution in [0.15, 0.2) is 0 Å². The first-order valence-corrected chi connectivity index (χ1v) is 24.2. The quantitative estimate of drug-likeness (QED) is 0.303. The molecule has 1 rings (SSSR count). The molecule has 17 heavy (non-hydrogen) atoms. The molecule has 0 aromatic heterocycles. The van der Waals surface area contributed by atoms with Crippen LogP contribution in [0.4, 0.5) is 0 Å². The number of rotatable bonds is 1. The van der Waals surface area contributed by atoms with Gasteiger partial charge in [0.2, 0.25) is 0 Å². The second-order valence-electron chi connectivity index (χ2n) is 4.09. The number of halogens is 7. The van der Waals surface area contributed by atoms with Crippen LogP contribution in [0.2, 0.25) is 0 Å². The molecule has 0 N–H and O–H groups in total. The van der Waals surface area contributed by atoms with E-state index in [2.05, 4.69) is 23.6 Å². The third-order valence-corrected chi connectivity index (χ3v) is 2.29. The van der Waals surface area contributed by atoms with E-state index in [1.54, 1.807) is 0 Å². The summed E-state index contributed by atoms with van der Waals surface area (Å²) in [6.45, 7) is 0. The third kappa shape index (κ3) is 12.0. The van der Waals surface area contributed by atoms with Crippen molar-refractivity contribution >= 4 is 79.4 Å². The molecule has 1 aliphatic carbocycles. The van der Waals surface area contributed by atoms with Gasteiger partial charge in [0.25, 0.3) is 0 Å². The molecule has 0 aromatic rings. The van der Waals surface area contributed by atoms with E-state index in [1.165, 1.54) is 5.71 Å². The van der Waals surface area contributed by atoms with E-state index in [4.69, 9.17) is 64.6 Å². The maximum absolute atomic E-state index is 5.99. The molecule has 0 aromatic carbocycles. The average molecular weight is 496 g/mol. The van der Waals surface area contributed by atoms with Crippen molar-refractivity contribution in [1.82, 2.24) is 4.90 Å². The topological polar surface area (TPSA) is 6.25 Å². The maximum atomic E-state index is 5.99. The van der Waals surface area contributed by atoms with Crippen molar-refractivity contribution in [2.24, 2.45) is 0 Å². The fraction of sp³-hybridized carbons (Fsp3) is 0.857. The summed E-state index contributed by atoms with van der Waals surface area (Å²) in [5.41, 5.74) is 1.33. The molecule has 0 radical (unpaired) electrons. The summed E-state index contributed by atoms with van der Waals surface area (Å²) in [4.78, 5) is 2.15. The summed E-state index contributed by atoms with van der Waals surface area (Å²) in [5.74, 6) is 0. The Balaban J connectivity index is 0.000000325. The Hall–Kier alpha value is 2.48. The molecule has 2 nitrogen and oxygen atoms in total. The number of hydrogen-bond acceptors (Lipinski definition) is 1. The van der Waals surface area contributed by atoms with Crippen molar-refractivity contribution < 1.29 is 4.58 Å². The molecule has 0 bridgehead atoms. The summed E-state index contributed by atoms with van der Waals surface area (Å²) < 4.78 is 2.10. The Labute approximate surface area is 127 Å². The van der Waals surface area contributed by atoms with E-state index in [-0.39, 0.29) is 5.38 Å². The first-order chi connectivity index (χ1) is 7.00. The first kappa shape index (κ1) is 19.5. The van der Waals surface area contributed by atoms with Gasteiger partial charge in [0, 0.05) is 0 Å². The minimum atomic E-state index is -5.42. The van der Waals surface area contributed by atoms with Crippen molar-refractivity contribution in [1.29, 1.82) is 0 Å². The van der Waals surface area contributed by atoms with E-state index in [1.807, 2.05) is 14.1 Å². The zero-order valence-electron chi connectivity index (χ0n) is 9.64. The van der Waals surface area contributed by atoms with Gasteiger partial charge in [0.05, 0.1) is 0 Å². The number of nitrogens with zero attached hydrogens (tertiary/aromatic N) is 2. The van der Waals surface area contributed by atoms with Crippen LogP contribution in [0.25, 0.3) is 0 Å². The summed E-state index contributed by atoms with van der Waals surface area (Å²) in [5, 5.41) is 0.241. The minimum absolute atomic E-state index is 0.241. The molecule has 0 saturated heterocycles. The van der Waals surface area contributed by atoms with Crippen molar-refractivity contribution in [3.63, 3.8) is 0 Å². The van der Waals surface area contributed by atoms with Gasteiger partial charge in [-0.25, -0.2) is 4.58 Å².